The van der Waals surface area contributed by atoms with E-state index in [4.69, 9.17) is 0 Å². The summed E-state index contributed by atoms with van der Waals surface area (Å²) < 4.78 is 3.15. The number of aryl methyl sites for hydroxylation is 1. The van der Waals surface area contributed by atoms with E-state index < -0.39 is 0 Å². The number of nitrogens with one attached hydrogen (secondary N) is 1. The number of benzene rings is 2. The van der Waals surface area contributed by atoms with Gasteiger partial charge in [0, 0.05) is 53.1 Å². The molecule has 0 saturated heterocycles. The summed E-state index contributed by atoms with van der Waals surface area (Å²) in [4.78, 5) is 13.6. The number of pyridine rings is 1. The van der Waals surface area contributed by atoms with Gasteiger partial charge in [-0.25, -0.2) is 0 Å². The third kappa shape index (κ3) is 4.44. The molecule has 6 heteroatoms. The van der Waals surface area contributed by atoms with Crippen LogP contribution in [0.2, 0.25) is 0 Å². The lowest BCUT2D eigenvalue weighted by Crippen LogP contribution is -2.02. The van der Waals surface area contributed by atoms with Gasteiger partial charge < -0.3 is 9.88 Å². The second-order valence-electron chi connectivity index (χ2n) is 6.97. The van der Waals surface area contributed by atoms with E-state index in [0.29, 0.717) is 6.54 Å². The number of anilines is 1. The molecular weight excluding hydrogens is 450 g/mol. The van der Waals surface area contributed by atoms with Gasteiger partial charge in [-0.15, -0.1) is 0 Å². The number of aromatic nitrogens is 4. The van der Waals surface area contributed by atoms with Crippen molar-refractivity contribution < 1.29 is 0 Å². The lowest BCUT2D eigenvalue weighted by atomic mass is 10.0. The van der Waals surface area contributed by atoms with E-state index in [1.54, 1.807) is 18.6 Å². The first-order valence-corrected chi connectivity index (χ1v) is 11.1. The van der Waals surface area contributed by atoms with Crippen LogP contribution in [0.25, 0.3) is 33.1 Å². The summed E-state index contributed by atoms with van der Waals surface area (Å²) in [5.41, 5.74) is 7.08. The van der Waals surface area contributed by atoms with Gasteiger partial charge in [-0.05, 0) is 47.3 Å². The number of hydrogen-bond acceptors (Lipinski definition) is 4. The van der Waals surface area contributed by atoms with E-state index >= 15 is 0 Å². The molecule has 2 aromatic carbocycles. The fourth-order valence-electron chi connectivity index (χ4n) is 3.56. The Morgan fingerprint density at radius 2 is 1.74 bits per heavy atom. The number of rotatable bonds is 4. The molecule has 0 amide bonds. The highest BCUT2D eigenvalue weighted by Crippen LogP contribution is 2.32. The Balaban J connectivity index is 0.00000112. The molecule has 5 rings (SSSR count). The van der Waals surface area contributed by atoms with E-state index in [2.05, 4.69) is 84.3 Å². The summed E-state index contributed by atoms with van der Waals surface area (Å²) in [7, 11) is 2.06. The van der Waals surface area contributed by atoms with Crippen LogP contribution in [0.5, 0.6) is 0 Å². The van der Waals surface area contributed by atoms with Crippen molar-refractivity contribution in [2.45, 2.75) is 20.4 Å². The first-order valence-electron chi connectivity index (χ1n) is 10.3. The minimum absolute atomic E-state index is 0.626. The first kappa shape index (κ1) is 21.0. The molecule has 0 fully saturated rings. The van der Waals surface area contributed by atoms with Crippen LogP contribution in [-0.4, -0.2) is 19.5 Å². The van der Waals surface area contributed by atoms with Crippen LogP contribution in [-0.2, 0) is 13.6 Å². The number of nitrogens with zero attached hydrogens (tertiary/aromatic N) is 4. The maximum atomic E-state index is 4.60. The summed E-state index contributed by atoms with van der Waals surface area (Å²) >= 11 is 3.50. The zero-order valence-electron chi connectivity index (χ0n) is 17.8. The monoisotopic (exact) mass is 473 g/mol. The van der Waals surface area contributed by atoms with Gasteiger partial charge in [0.05, 0.1) is 23.3 Å². The average Bonchev–Trinajstić information content (AvgIpc) is 3.18. The van der Waals surface area contributed by atoms with Crippen LogP contribution in [0.15, 0.2) is 77.8 Å². The number of hydrogen-bond donors (Lipinski definition) is 1. The SMILES string of the molecule is CC.Cn1ccc2ccc(-c3cc(NCc4cc(Br)ccn4)cc4nccnc34)cc21. The molecule has 0 aliphatic heterocycles. The lowest BCUT2D eigenvalue weighted by molar-refractivity contribution is 0.969. The molecule has 0 bridgehead atoms. The third-order valence-electron chi connectivity index (χ3n) is 5.03. The van der Waals surface area contributed by atoms with Gasteiger partial charge in [0.1, 0.15) is 0 Å². The summed E-state index contributed by atoms with van der Waals surface area (Å²) in [5.74, 6) is 0. The fourth-order valence-corrected chi connectivity index (χ4v) is 3.95. The second kappa shape index (κ2) is 9.27. The molecule has 0 aliphatic carbocycles. The average molecular weight is 474 g/mol. The summed E-state index contributed by atoms with van der Waals surface area (Å²) in [6, 6.07) is 16.7. The highest BCUT2D eigenvalue weighted by atomic mass is 79.9. The van der Waals surface area contributed by atoms with Crippen LogP contribution >= 0.6 is 15.9 Å². The third-order valence-corrected chi connectivity index (χ3v) is 5.52. The fraction of sp³-hybridized carbons (Fsp3) is 0.160. The smallest absolute Gasteiger partial charge is 0.0966 e. The van der Waals surface area contributed by atoms with Gasteiger partial charge in [-0.1, -0.05) is 41.9 Å². The van der Waals surface area contributed by atoms with E-state index in [9.17, 15) is 0 Å². The summed E-state index contributed by atoms with van der Waals surface area (Å²) in [6.07, 6.45) is 7.35. The van der Waals surface area contributed by atoms with Gasteiger partial charge in [-0.2, -0.15) is 0 Å². The highest BCUT2D eigenvalue weighted by Gasteiger charge is 2.10. The van der Waals surface area contributed by atoms with Crippen molar-refractivity contribution in [3.8, 4) is 11.1 Å². The van der Waals surface area contributed by atoms with Crippen molar-refractivity contribution in [1.29, 1.82) is 0 Å². The molecule has 0 atom stereocenters. The van der Waals surface area contributed by atoms with E-state index in [0.717, 1.165) is 38.0 Å². The zero-order chi connectivity index (χ0) is 21.8. The minimum Gasteiger partial charge on any atom is -0.379 e. The predicted molar refractivity (Wildman–Crippen MR) is 132 cm³/mol. The number of halogens is 1. The van der Waals surface area contributed by atoms with Crippen LogP contribution < -0.4 is 5.32 Å². The predicted octanol–water partition coefficient (Wildman–Crippen LogP) is 6.58. The first-order chi connectivity index (χ1) is 15.2. The normalized spacial score (nSPS) is 10.7. The largest absolute Gasteiger partial charge is 0.379 e. The Morgan fingerprint density at radius 3 is 2.58 bits per heavy atom. The van der Waals surface area contributed by atoms with Gasteiger partial charge in [0.25, 0.3) is 0 Å². The molecule has 0 saturated carbocycles. The Bertz CT molecular complexity index is 1340. The Hall–Kier alpha value is -3.25. The van der Waals surface area contributed by atoms with Crippen molar-refractivity contribution in [3.63, 3.8) is 0 Å². The van der Waals surface area contributed by atoms with Crippen molar-refractivity contribution in [2.75, 3.05) is 5.32 Å². The topological polar surface area (TPSA) is 55.6 Å². The second-order valence-corrected chi connectivity index (χ2v) is 7.88. The van der Waals surface area contributed by atoms with Crippen molar-refractivity contribution in [2.24, 2.45) is 7.05 Å². The Kier molecular flexibility index (Phi) is 6.28. The quantitative estimate of drug-likeness (QED) is 0.320. The molecule has 0 spiro atoms. The van der Waals surface area contributed by atoms with Crippen LogP contribution in [0.3, 0.4) is 0 Å². The lowest BCUT2D eigenvalue weighted by Gasteiger charge is -2.12. The van der Waals surface area contributed by atoms with Crippen LogP contribution in [0.1, 0.15) is 19.5 Å². The minimum atomic E-state index is 0.626. The molecule has 1 N–H and O–H groups in total. The maximum Gasteiger partial charge on any atom is 0.0966 e. The molecule has 0 radical (unpaired) electrons. The summed E-state index contributed by atoms with van der Waals surface area (Å²) in [5, 5.41) is 4.70. The van der Waals surface area contributed by atoms with E-state index in [1.807, 2.05) is 32.0 Å². The van der Waals surface area contributed by atoms with E-state index in [-0.39, 0.29) is 0 Å². The highest BCUT2D eigenvalue weighted by molar-refractivity contribution is 9.10. The molecule has 3 heterocycles. The number of fused-ring (bicyclic) bond motifs is 2. The zero-order valence-corrected chi connectivity index (χ0v) is 19.4. The Morgan fingerprint density at radius 1 is 0.903 bits per heavy atom. The van der Waals surface area contributed by atoms with Gasteiger partial charge in [0.2, 0.25) is 0 Å². The maximum absolute atomic E-state index is 4.60. The van der Waals surface area contributed by atoms with Crippen LogP contribution in [0, 0.1) is 0 Å². The summed E-state index contributed by atoms with van der Waals surface area (Å²) in [6.45, 7) is 4.63. The Labute approximate surface area is 190 Å². The van der Waals surface area contributed by atoms with Crippen molar-refractivity contribution in [1.82, 2.24) is 19.5 Å². The molecule has 5 aromatic rings. The molecule has 5 nitrogen and oxygen atoms in total. The molecule has 0 aliphatic rings. The van der Waals surface area contributed by atoms with Crippen molar-refractivity contribution >= 4 is 43.6 Å². The van der Waals surface area contributed by atoms with Gasteiger partial charge in [0.15, 0.2) is 0 Å². The van der Waals surface area contributed by atoms with Crippen molar-refractivity contribution in [3.05, 3.63) is 83.5 Å². The van der Waals surface area contributed by atoms with Crippen LogP contribution in [0.4, 0.5) is 5.69 Å². The standard InChI is InChI=1S/C23H18BrN5.C2H6/c1-29-9-5-15-2-3-16(10-22(15)29)20-12-18(13-21-23(20)27-8-7-26-21)28-14-19-11-17(24)4-6-25-19;1-2/h2-13,28H,14H2,1H3;1-2H3. The molecular formula is C25H24BrN5. The molecule has 31 heavy (non-hydrogen) atoms. The van der Waals surface area contributed by atoms with Gasteiger partial charge in [-0.3, -0.25) is 15.0 Å². The molecule has 0 unspecified atom stereocenters. The molecule has 3 aromatic heterocycles. The molecule has 156 valence electrons. The van der Waals surface area contributed by atoms with Gasteiger partial charge >= 0.3 is 0 Å². The van der Waals surface area contributed by atoms with E-state index in [1.165, 1.54) is 10.9 Å².